The maximum Gasteiger partial charge on any atom is 0.234 e. The van der Waals surface area contributed by atoms with Crippen LogP contribution in [0.1, 0.15) is 58.2 Å². The molecule has 1 aromatic heterocycles. The fraction of sp³-hybridized carbons (Fsp3) is 0.846. The van der Waals surface area contributed by atoms with Crippen LogP contribution in [0.2, 0.25) is 0 Å². The van der Waals surface area contributed by atoms with Gasteiger partial charge in [0.25, 0.3) is 0 Å². The summed E-state index contributed by atoms with van der Waals surface area (Å²) in [7, 11) is 0. The van der Waals surface area contributed by atoms with Crippen molar-refractivity contribution in [1.82, 2.24) is 10.1 Å². The molecule has 1 aliphatic carbocycles. The lowest BCUT2D eigenvalue weighted by Gasteiger charge is -2.27. The molecular weight excluding hydrogens is 230 g/mol. The van der Waals surface area contributed by atoms with Crippen molar-refractivity contribution in [3.63, 3.8) is 0 Å². The minimum atomic E-state index is -0.415. The van der Waals surface area contributed by atoms with Crippen molar-refractivity contribution in [2.75, 3.05) is 13.2 Å². The van der Waals surface area contributed by atoms with E-state index in [4.69, 9.17) is 15.0 Å². The second-order valence-corrected chi connectivity index (χ2v) is 5.04. The molecule has 102 valence electrons. The highest BCUT2D eigenvalue weighted by atomic mass is 16.5. The van der Waals surface area contributed by atoms with Crippen molar-refractivity contribution in [3.05, 3.63) is 11.7 Å². The largest absolute Gasteiger partial charge is 0.367 e. The van der Waals surface area contributed by atoms with E-state index in [0.29, 0.717) is 24.9 Å². The molecule has 0 bridgehead atoms. The molecule has 0 atom stereocenters. The van der Waals surface area contributed by atoms with Crippen LogP contribution in [0.15, 0.2) is 4.52 Å². The van der Waals surface area contributed by atoms with Crippen molar-refractivity contribution >= 4 is 0 Å². The first kappa shape index (κ1) is 13.5. The number of nitrogens with zero attached hydrogens (tertiary/aromatic N) is 2. The molecule has 0 spiro atoms. The van der Waals surface area contributed by atoms with Crippen LogP contribution < -0.4 is 5.73 Å². The van der Waals surface area contributed by atoms with E-state index in [-0.39, 0.29) is 5.41 Å². The van der Waals surface area contributed by atoms with Crippen molar-refractivity contribution in [2.45, 2.75) is 57.5 Å². The molecule has 1 saturated carbocycles. The Morgan fingerprint density at radius 1 is 1.33 bits per heavy atom. The van der Waals surface area contributed by atoms with Gasteiger partial charge in [-0.15, -0.1) is 0 Å². The van der Waals surface area contributed by atoms with Crippen molar-refractivity contribution in [2.24, 2.45) is 5.73 Å². The average molecular weight is 253 g/mol. The highest BCUT2D eigenvalue weighted by Crippen LogP contribution is 2.47. The fourth-order valence-corrected chi connectivity index (χ4v) is 2.39. The topological polar surface area (TPSA) is 74.2 Å². The Labute approximate surface area is 108 Å². The van der Waals surface area contributed by atoms with Crippen LogP contribution in [-0.4, -0.2) is 23.3 Å². The Balaban J connectivity index is 2.27. The maximum atomic E-state index is 5.88. The van der Waals surface area contributed by atoms with Gasteiger partial charge >= 0.3 is 0 Å². The normalized spacial score (nSPS) is 18.0. The Kier molecular flexibility index (Phi) is 3.73. The Hall–Kier alpha value is -0.940. The zero-order valence-electron chi connectivity index (χ0n) is 11.5. The predicted molar refractivity (Wildman–Crippen MR) is 68.2 cm³/mol. The number of hydrogen-bond donors (Lipinski definition) is 1. The van der Waals surface area contributed by atoms with Crippen LogP contribution >= 0.6 is 0 Å². The van der Waals surface area contributed by atoms with Crippen LogP contribution in [-0.2, 0) is 15.8 Å². The molecule has 0 amide bonds. The van der Waals surface area contributed by atoms with Crippen LogP contribution in [0.3, 0.4) is 0 Å². The molecule has 0 radical (unpaired) electrons. The van der Waals surface area contributed by atoms with Crippen molar-refractivity contribution in [3.8, 4) is 0 Å². The number of rotatable bonds is 7. The fourth-order valence-electron chi connectivity index (χ4n) is 2.39. The molecule has 18 heavy (non-hydrogen) atoms. The summed E-state index contributed by atoms with van der Waals surface area (Å²) in [6, 6.07) is 0. The van der Waals surface area contributed by atoms with E-state index in [2.05, 4.69) is 24.0 Å². The highest BCUT2D eigenvalue weighted by molar-refractivity contribution is 5.17. The van der Waals surface area contributed by atoms with Crippen molar-refractivity contribution in [1.29, 1.82) is 0 Å². The predicted octanol–water partition coefficient (Wildman–Crippen LogP) is 2.11. The lowest BCUT2D eigenvalue weighted by molar-refractivity contribution is -0.0583. The third kappa shape index (κ3) is 2.06. The van der Waals surface area contributed by atoms with Crippen molar-refractivity contribution < 1.29 is 9.26 Å². The van der Waals surface area contributed by atoms with Gasteiger partial charge in [0.2, 0.25) is 11.7 Å². The Morgan fingerprint density at radius 2 is 2.00 bits per heavy atom. The van der Waals surface area contributed by atoms with E-state index in [1.54, 1.807) is 0 Å². The molecule has 0 unspecified atom stereocenters. The molecular formula is C13H23N3O2. The molecule has 2 N–H and O–H groups in total. The second kappa shape index (κ2) is 4.97. The Morgan fingerprint density at radius 3 is 2.44 bits per heavy atom. The molecule has 1 aliphatic rings. The van der Waals surface area contributed by atoms with E-state index in [1.165, 1.54) is 0 Å². The molecule has 1 aromatic rings. The van der Waals surface area contributed by atoms with Gasteiger partial charge in [0, 0.05) is 13.2 Å². The summed E-state index contributed by atoms with van der Waals surface area (Å²) >= 11 is 0. The van der Waals surface area contributed by atoms with E-state index >= 15 is 0 Å². The number of ether oxygens (including phenoxy) is 1. The summed E-state index contributed by atoms with van der Waals surface area (Å²) in [5.74, 6) is 1.36. The molecule has 0 aromatic carbocycles. The first-order valence-corrected chi connectivity index (χ1v) is 6.85. The van der Waals surface area contributed by atoms with Gasteiger partial charge in [-0.25, -0.2) is 0 Å². The minimum absolute atomic E-state index is 0.0509. The molecule has 0 aliphatic heterocycles. The number of aromatic nitrogens is 2. The van der Waals surface area contributed by atoms with Gasteiger partial charge in [0.05, 0.1) is 5.41 Å². The molecule has 5 heteroatoms. The summed E-state index contributed by atoms with van der Waals surface area (Å²) in [5, 5.41) is 4.14. The third-order valence-electron chi connectivity index (χ3n) is 4.09. The first-order valence-electron chi connectivity index (χ1n) is 6.85. The highest BCUT2D eigenvalue weighted by Gasteiger charge is 2.49. The standard InChI is InChI=1S/C13H23N3O2/c1-4-13(5-2,17-6-3)10-15-11(18-16-10)12(9-14)7-8-12/h4-9,14H2,1-3H3. The summed E-state index contributed by atoms with van der Waals surface area (Å²) in [6.45, 7) is 7.39. The van der Waals surface area contributed by atoms with Gasteiger partial charge < -0.3 is 15.0 Å². The van der Waals surface area contributed by atoms with Gasteiger partial charge in [-0.2, -0.15) is 4.98 Å². The summed E-state index contributed by atoms with van der Waals surface area (Å²) < 4.78 is 11.3. The lowest BCUT2D eigenvalue weighted by atomic mass is 9.96. The average Bonchev–Trinajstić information content (AvgIpc) is 3.05. The SMILES string of the molecule is CCOC(CC)(CC)c1noc(C2(CN)CC2)n1. The number of hydrogen-bond acceptors (Lipinski definition) is 5. The van der Waals surface area contributed by atoms with Gasteiger partial charge in [-0.05, 0) is 32.6 Å². The molecule has 1 fully saturated rings. The van der Waals surface area contributed by atoms with E-state index in [1.807, 2.05) is 6.92 Å². The number of nitrogens with two attached hydrogens (primary N) is 1. The zero-order valence-corrected chi connectivity index (χ0v) is 11.5. The Bertz CT molecular complexity index is 395. The van der Waals surface area contributed by atoms with Crippen LogP contribution in [0, 0.1) is 0 Å². The quantitative estimate of drug-likeness (QED) is 0.805. The molecule has 2 rings (SSSR count). The smallest absolute Gasteiger partial charge is 0.234 e. The summed E-state index contributed by atoms with van der Waals surface area (Å²) in [4.78, 5) is 4.57. The maximum absolute atomic E-state index is 5.88. The van der Waals surface area contributed by atoms with E-state index < -0.39 is 5.60 Å². The van der Waals surface area contributed by atoms with Gasteiger partial charge in [0.1, 0.15) is 5.60 Å². The zero-order chi connectivity index (χ0) is 13.2. The molecule has 5 nitrogen and oxygen atoms in total. The van der Waals surface area contributed by atoms with Crippen LogP contribution in [0.25, 0.3) is 0 Å². The van der Waals surface area contributed by atoms with Crippen LogP contribution in [0.5, 0.6) is 0 Å². The first-order chi connectivity index (χ1) is 8.66. The lowest BCUT2D eigenvalue weighted by Crippen LogP contribution is -2.30. The second-order valence-electron chi connectivity index (χ2n) is 5.04. The minimum Gasteiger partial charge on any atom is -0.367 e. The third-order valence-corrected chi connectivity index (χ3v) is 4.09. The summed E-state index contributed by atoms with van der Waals surface area (Å²) in [5.41, 5.74) is 5.32. The van der Waals surface area contributed by atoms with Gasteiger partial charge in [-0.3, -0.25) is 0 Å². The van der Waals surface area contributed by atoms with Gasteiger partial charge in [0.15, 0.2) is 0 Å². The van der Waals surface area contributed by atoms with E-state index in [9.17, 15) is 0 Å². The van der Waals surface area contributed by atoms with E-state index in [0.717, 1.165) is 25.7 Å². The van der Waals surface area contributed by atoms with Gasteiger partial charge in [-0.1, -0.05) is 19.0 Å². The molecule has 0 saturated heterocycles. The molecule has 1 heterocycles. The van der Waals surface area contributed by atoms with Crippen LogP contribution in [0.4, 0.5) is 0 Å². The summed E-state index contributed by atoms with van der Waals surface area (Å²) in [6.07, 6.45) is 3.77. The monoisotopic (exact) mass is 253 g/mol.